The molecule has 8 heteroatoms. The molecule has 0 aromatic heterocycles. The number of ether oxygens (including phenoxy) is 2. The van der Waals surface area contributed by atoms with Crippen LogP contribution < -0.4 is 10.1 Å². The van der Waals surface area contributed by atoms with Crippen LogP contribution in [0.2, 0.25) is 0 Å². The molecule has 1 amide bonds. The number of carbonyl (C=O) groups excluding carboxylic acids is 2. The fourth-order valence-electron chi connectivity index (χ4n) is 6.93. The van der Waals surface area contributed by atoms with E-state index in [9.17, 15) is 9.59 Å². The molecule has 7 nitrogen and oxygen atoms in total. The lowest BCUT2D eigenvalue weighted by atomic mass is 9.43. The highest BCUT2D eigenvalue weighted by atomic mass is 16.7. The lowest BCUT2D eigenvalue weighted by molar-refractivity contribution is -0.199. The van der Waals surface area contributed by atoms with Crippen molar-refractivity contribution in [3.63, 3.8) is 0 Å². The molecular formula is C32H42BNO6. The van der Waals surface area contributed by atoms with Crippen molar-refractivity contribution in [2.24, 2.45) is 17.3 Å². The van der Waals surface area contributed by atoms with Gasteiger partial charge in [-0.15, -0.1) is 0 Å². The second kappa shape index (κ2) is 10.5. The van der Waals surface area contributed by atoms with Crippen LogP contribution in [0.15, 0.2) is 48.5 Å². The van der Waals surface area contributed by atoms with Gasteiger partial charge < -0.3 is 24.1 Å². The number of hydrogen-bond acceptors (Lipinski definition) is 6. The van der Waals surface area contributed by atoms with Crippen molar-refractivity contribution in [3.05, 3.63) is 65.2 Å². The molecule has 2 aromatic carbocycles. The summed E-state index contributed by atoms with van der Waals surface area (Å²) in [6, 6.07) is 14.9. The number of amides is 1. The lowest BCUT2D eigenvalue weighted by Gasteiger charge is -2.64. The van der Waals surface area contributed by atoms with Gasteiger partial charge >= 0.3 is 13.1 Å². The normalized spacial score (nSPS) is 27.3. The van der Waals surface area contributed by atoms with Gasteiger partial charge in [-0.3, -0.25) is 4.79 Å². The summed E-state index contributed by atoms with van der Waals surface area (Å²) in [4.78, 5) is 26.1. The molecule has 4 aliphatic rings. The maximum absolute atomic E-state index is 13.3. The summed E-state index contributed by atoms with van der Waals surface area (Å²) in [5, 5.41) is 3.21. The SMILES string of the molecule is COc1cccc(CC(=O)NC(Cc2cccc(C(=O)OC(C)(C)C)c2)B2OC3CC4CC(C4(C)C)C3(C)O2)c1. The van der Waals surface area contributed by atoms with Crippen LogP contribution in [0.5, 0.6) is 5.75 Å². The average molecular weight is 548 g/mol. The number of esters is 1. The van der Waals surface area contributed by atoms with Gasteiger partial charge in [-0.25, -0.2) is 4.79 Å². The third kappa shape index (κ3) is 5.66. The average Bonchev–Trinajstić information content (AvgIpc) is 3.24. The first kappa shape index (κ1) is 28.7. The smallest absolute Gasteiger partial charge is 0.482 e. The van der Waals surface area contributed by atoms with Crippen LogP contribution in [0.4, 0.5) is 0 Å². The second-order valence-electron chi connectivity index (χ2n) is 13.4. The van der Waals surface area contributed by atoms with Crippen LogP contribution in [-0.4, -0.2) is 49.4 Å². The third-order valence-corrected chi connectivity index (χ3v) is 9.16. The van der Waals surface area contributed by atoms with E-state index in [-0.39, 0.29) is 29.8 Å². The molecule has 3 saturated carbocycles. The zero-order valence-electron chi connectivity index (χ0n) is 24.8. The summed E-state index contributed by atoms with van der Waals surface area (Å²) in [6.07, 6.45) is 2.78. The Morgan fingerprint density at radius 2 is 1.80 bits per heavy atom. The lowest BCUT2D eigenvalue weighted by Crippen LogP contribution is -2.65. The summed E-state index contributed by atoms with van der Waals surface area (Å²) in [6.45, 7) is 12.4. The number of nitrogens with one attached hydrogen (secondary N) is 1. The second-order valence-corrected chi connectivity index (χ2v) is 13.4. The topological polar surface area (TPSA) is 83.1 Å². The molecule has 1 saturated heterocycles. The van der Waals surface area contributed by atoms with Gasteiger partial charge in [0, 0.05) is 0 Å². The molecule has 0 spiro atoms. The van der Waals surface area contributed by atoms with E-state index in [1.54, 1.807) is 13.2 Å². The van der Waals surface area contributed by atoms with E-state index in [1.165, 1.54) is 0 Å². The van der Waals surface area contributed by atoms with Gasteiger partial charge in [0.25, 0.3) is 0 Å². The fourth-order valence-corrected chi connectivity index (χ4v) is 6.93. The molecule has 1 N–H and O–H groups in total. The van der Waals surface area contributed by atoms with Crippen LogP contribution in [-0.2, 0) is 31.7 Å². The van der Waals surface area contributed by atoms with Crippen LogP contribution in [0.1, 0.15) is 75.9 Å². The number of benzene rings is 2. The van der Waals surface area contributed by atoms with Crippen molar-refractivity contribution < 1.29 is 28.4 Å². The van der Waals surface area contributed by atoms with Gasteiger partial charge in [0.15, 0.2) is 0 Å². The Hall–Kier alpha value is -2.84. The predicted molar refractivity (Wildman–Crippen MR) is 154 cm³/mol. The monoisotopic (exact) mass is 547 g/mol. The molecule has 2 bridgehead atoms. The van der Waals surface area contributed by atoms with Crippen LogP contribution >= 0.6 is 0 Å². The predicted octanol–water partition coefficient (Wildman–Crippen LogP) is 5.19. The molecule has 1 heterocycles. The van der Waals surface area contributed by atoms with Gasteiger partial charge in [-0.2, -0.15) is 0 Å². The Morgan fingerprint density at radius 3 is 2.50 bits per heavy atom. The van der Waals surface area contributed by atoms with Gasteiger partial charge in [-0.1, -0.05) is 38.1 Å². The highest BCUT2D eigenvalue weighted by Crippen LogP contribution is 2.65. The van der Waals surface area contributed by atoms with E-state index < -0.39 is 24.3 Å². The molecule has 6 rings (SSSR count). The first-order chi connectivity index (χ1) is 18.8. The quantitative estimate of drug-likeness (QED) is 0.362. The molecule has 5 unspecified atom stereocenters. The van der Waals surface area contributed by atoms with Gasteiger partial charge in [0.1, 0.15) is 11.4 Å². The van der Waals surface area contributed by atoms with Crippen molar-refractivity contribution >= 4 is 19.0 Å². The maximum atomic E-state index is 13.3. The molecule has 0 radical (unpaired) electrons. The summed E-state index contributed by atoms with van der Waals surface area (Å²) in [5.41, 5.74) is 1.47. The van der Waals surface area contributed by atoms with Crippen LogP contribution in [0.3, 0.4) is 0 Å². The van der Waals surface area contributed by atoms with Crippen LogP contribution in [0, 0.1) is 17.3 Å². The number of carbonyl (C=O) groups is 2. The van der Waals surface area contributed by atoms with Gasteiger partial charge in [0.05, 0.1) is 36.7 Å². The minimum atomic E-state index is -0.593. The van der Waals surface area contributed by atoms with Crippen molar-refractivity contribution in [1.29, 1.82) is 0 Å². The molecule has 1 aliphatic heterocycles. The van der Waals surface area contributed by atoms with Crippen molar-refractivity contribution in [3.8, 4) is 5.75 Å². The maximum Gasteiger partial charge on any atom is 0.482 e. The highest BCUT2D eigenvalue weighted by Gasteiger charge is 2.68. The fraction of sp³-hybridized carbons (Fsp3) is 0.562. The van der Waals surface area contributed by atoms with Crippen LogP contribution in [0.25, 0.3) is 0 Å². The first-order valence-corrected chi connectivity index (χ1v) is 14.4. The van der Waals surface area contributed by atoms with E-state index in [0.717, 1.165) is 24.0 Å². The Balaban J connectivity index is 1.37. The van der Waals surface area contributed by atoms with E-state index >= 15 is 0 Å². The van der Waals surface area contributed by atoms with Gasteiger partial charge in [0.2, 0.25) is 5.91 Å². The molecule has 40 heavy (non-hydrogen) atoms. The minimum Gasteiger partial charge on any atom is -0.497 e. The van der Waals surface area contributed by atoms with E-state index in [4.69, 9.17) is 18.8 Å². The minimum absolute atomic E-state index is 0.000147. The summed E-state index contributed by atoms with van der Waals surface area (Å²) in [5.74, 6) is 0.818. The zero-order valence-corrected chi connectivity index (χ0v) is 24.8. The Kier molecular flexibility index (Phi) is 7.55. The number of methoxy groups -OCH3 is 1. The third-order valence-electron chi connectivity index (χ3n) is 9.16. The molecule has 2 aromatic rings. The van der Waals surface area contributed by atoms with Crippen molar-refractivity contribution in [1.82, 2.24) is 5.32 Å². The van der Waals surface area contributed by atoms with E-state index in [1.807, 2.05) is 63.2 Å². The first-order valence-electron chi connectivity index (χ1n) is 14.4. The summed E-state index contributed by atoms with van der Waals surface area (Å²) < 4.78 is 24.2. The number of rotatable bonds is 8. The van der Waals surface area contributed by atoms with Crippen molar-refractivity contribution in [2.75, 3.05) is 7.11 Å². The summed E-state index contributed by atoms with van der Waals surface area (Å²) >= 11 is 0. The molecule has 3 aliphatic carbocycles. The highest BCUT2D eigenvalue weighted by molar-refractivity contribution is 6.48. The zero-order chi connectivity index (χ0) is 28.9. The van der Waals surface area contributed by atoms with E-state index in [2.05, 4.69) is 26.1 Å². The number of hydrogen-bond donors (Lipinski definition) is 1. The van der Waals surface area contributed by atoms with E-state index in [0.29, 0.717) is 29.6 Å². The molecule has 4 fully saturated rings. The Labute approximate surface area is 238 Å². The van der Waals surface area contributed by atoms with Gasteiger partial charge in [-0.05, 0) is 99.6 Å². The Bertz CT molecular complexity index is 1270. The molecule has 5 atom stereocenters. The largest absolute Gasteiger partial charge is 0.497 e. The standard InChI is InChI=1S/C32H42BNO6/c1-30(2,3)38-29(36)22-12-8-10-20(14-22)16-27(34-28(35)17-21-11-9-13-24(15-21)37-7)33-39-26-19-23-18-25(31(23,4)5)32(26,6)40-33/h8-15,23,25-27H,16-19H2,1-7H3,(H,34,35). The Morgan fingerprint density at radius 1 is 1.07 bits per heavy atom. The molecular weight excluding hydrogens is 505 g/mol. The molecule has 214 valence electrons. The summed E-state index contributed by atoms with van der Waals surface area (Å²) in [7, 11) is 1.02. The van der Waals surface area contributed by atoms with Crippen molar-refractivity contribution in [2.45, 2.75) is 90.5 Å².